The molecule has 2 aromatic rings. The number of carbonyl (C=O) groups excluding carboxylic acids is 1. The normalized spacial score (nSPS) is 12.6. The smallest absolute Gasteiger partial charge is 0.240 e. The van der Waals surface area contributed by atoms with Gasteiger partial charge in [0, 0.05) is 13.0 Å². The van der Waals surface area contributed by atoms with Gasteiger partial charge in [-0.05, 0) is 42.8 Å². The Labute approximate surface area is 165 Å². The molecule has 0 fully saturated rings. The van der Waals surface area contributed by atoms with E-state index in [1.165, 1.54) is 0 Å². The van der Waals surface area contributed by atoms with Crippen molar-refractivity contribution >= 4 is 39.1 Å². The number of carbonyl (C=O) groups is 1. The Hall–Kier alpha value is -1.74. The molecule has 0 spiro atoms. The predicted octanol–water partition coefficient (Wildman–Crippen LogP) is 3.82. The van der Waals surface area contributed by atoms with Crippen LogP contribution >= 0.6 is 23.2 Å². The second-order valence-corrected chi connectivity index (χ2v) is 8.27. The highest BCUT2D eigenvalue weighted by Gasteiger charge is 2.17. The van der Waals surface area contributed by atoms with Gasteiger partial charge in [-0.1, -0.05) is 29.3 Å². The molecule has 0 saturated carbocycles. The van der Waals surface area contributed by atoms with Gasteiger partial charge in [-0.2, -0.15) is 0 Å². The van der Waals surface area contributed by atoms with Crippen molar-refractivity contribution in [1.82, 2.24) is 10.0 Å². The summed E-state index contributed by atoms with van der Waals surface area (Å²) in [7, 11) is -4.06. The molecule has 0 unspecified atom stereocenters. The molecular weight excluding hydrogens is 421 g/mol. The van der Waals surface area contributed by atoms with Crippen LogP contribution in [-0.2, 0) is 14.8 Å². The van der Waals surface area contributed by atoms with Gasteiger partial charge < -0.3 is 5.32 Å². The number of amides is 1. The first-order valence-corrected chi connectivity index (χ1v) is 10.0. The second kappa shape index (κ2) is 8.97. The van der Waals surface area contributed by atoms with Crippen molar-refractivity contribution in [1.29, 1.82) is 0 Å². The molecule has 0 aromatic heterocycles. The number of hydrogen-bond acceptors (Lipinski definition) is 3. The Morgan fingerprint density at radius 1 is 1.07 bits per heavy atom. The van der Waals surface area contributed by atoms with Gasteiger partial charge in [0.15, 0.2) is 11.6 Å². The van der Waals surface area contributed by atoms with Crippen molar-refractivity contribution in [2.45, 2.75) is 24.3 Å². The standard InChI is InChI=1S/C17H16Cl2F2N2O3S/c1-10(11-2-4-13(18)14(19)8-11)23-17(24)6-7-22-27(25,26)12-3-5-15(20)16(21)9-12/h2-5,8-10,22H,6-7H2,1H3,(H,23,24)/t10-/m0/s1. The number of nitrogens with one attached hydrogen (secondary N) is 2. The van der Waals surface area contributed by atoms with E-state index in [9.17, 15) is 22.0 Å². The molecule has 146 valence electrons. The molecule has 0 aliphatic carbocycles. The molecule has 0 aliphatic rings. The number of benzene rings is 2. The van der Waals surface area contributed by atoms with Gasteiger partial charge in [0.2, 0.25) is 15.9 Å². The van der Waals surface area contributed by atoms with Crippen LogP contribution < -0.4 is 10.0 Å². The van der Waals surface area contributed by atoms with Crippen molar-refractivity contribution in [2.75, 3.05) is 6.54 Å². The third-order valence-electron chi connectivity index (χ3n) is 3.67. The van der Waals surface area contributed by atoms with Crippen LogP contribution in [0, 0.1) is 11.6 Å². The van der Waals surface area contributed by atoms with Gasteiger partial charge in [0.25, 0.3) is 0 Å². The summed E-state index contributed by atoms with van der Waals surface area (Å²) < 4.78 is 52.3. The first-order valence-electron chi connectivity index (χ1n) is 7.79. The van der Waals surface area contributed by atoms with Gasteiger partial charge in [-0.25, -0.2) is 21.9 Å². The Morgan fingerprint density at radius 3 is 2.41 bits per heavy atom. The number of halogens is 4. The molecule has 0 radical (unpaired) electrons. The average molecular weight is 437 g/mol. The molecule has 5 nitrogen and oxygen atoms in total. The van der Waals surface area contributed by atoms with Gasteiger partial charge in [-0.15, -0.1) is 0 Å². The SMILES string of the molecule is C[C@H](NC(=O)CCNS(=O)(=O)c1ccc(F)c(F)c1)c1ccc(Cl)c(Cl)c1. The summed E-state index contributed by atoms with van der Waals surface area (Å²) in [6, 6.07) is 6.81. The highest BCUT2D eigenvalue weighted by atomic mass is 35.5. The van der Waals surface area contributed by atoms with Crippen molar-refractivity contribution in [3.8, 4) is 0 Å². The van der Waals surface area contributed by atoms with Gasteiger partial charge >= 0.3 is 0 Å². The molecule has 10 heteroatoms. The summed E-state index contributed by atoms with van der Waals surface area (Å²) in [5.74, 6) is -2.82. The van der Waals surface area contributed by atoms with E-state index in [1.807, 2.05) is 0 Å². The third-order valence-corrected chi connectivity index (χ3v) is 5.86. The Kier molecular flexibility index (Phi) is 7.16. The van der Waals surface area contributed by atoms with E-state index in [1.54, 1.807) is 25.1 Å². The molecule has 1 amide bonds. The zero-order valence-electron chi connectivity index (χ0n) is 14.1. The van der Waals surface area contributed by atoms with E-state index < -0.39 is 32.5 Å². The van der Waals surface area contributed by atoms with E-state index in [0.29, 0.717) is 16.1 Å². The third kappa shape index (κ3) is 5.87. The van der Waals surface area contributed by atoms with Gasteiger partial charge in [0.1, 0.15) is 0 Å². The molecule has 1 atom stereocenters. The fourth-order valence-electron chi connectivity index (χ4n) is 2.20. The molecule has 27 heavy (non-hydrogen) atoms. The molecule has 2 aromatic carbocycles. The molecular formula is C17H16Cl2F2N2O3S. The predicted molar refractivity (Wildman–Crippen MR) is 99.2 cm³/mol. The lowest BCUT2D eigenvalue weighted by Crippen LogP contribution is -2.32. The zero-order chi connectivity index (χ0) is 20.2. The summed E-state index contributed by atoms with van der Waals surface area (Å²) in [6.45, 7) is 1.53. The van der Waals surface area contributed by atoms with Crippen LogP contribution in [0.2, 0.25) is 10.0 Å². The number of rotatable bonds is 7. The quantitative estimate of drug-likeness (QED) is 0.692. The monoisotopic (exact) mass is 436 g/mol. The summed E-state index contributed by atoms with van der Waals surface area (Å²) in [6.07, 6.45) is -0.144. The summed E-state index contributed by atoms with van der Waals surface area (Å²) in [5.41, 5.74) is 0.736. The first-order chi connectivity index (χ1) is 12.6. The molecule has 0 saturated heterocycles. The lowest BCUT2D eigenvalue weighted by atomic mass is 10.1. The van der Waals surface area contributed by atoms with Crippen LogP contribution in [-0.4, -0.2) is 20.9 Å². The van der Waals surface area contributed by atoms with E-state index in [4.69, 9.17) is 23.2 Å². The number of sulfonamides is 1. The lowest BCUT2D eigenvalue weighted by molar-refractivity contribution is -0.121. The van der Waals surface area contributed by atoms with Crippen molar-refractivity contribution < 1.29 is 22.0 Å². The van der Waals surface area contributed by atoms with Gasteiger partial charge in [0.05, 0.1) is 21.0 Å². The Balaban J connectivity index is 1.89. The van der Waals surface area contributed by atoms with E-state index >= 15 is 0 Å². The maximum absolute atomic E-state index is 13.2. The fourth-order valence-corrected chi connectivity index (χ4v) is 3.55. The van der Waals surface area contributed by atoms with Crippen LogP contribution in [0.1, 0.15) is 24.9 Å². The van der Waals surface area contributed by atoms with Crippen LogP contribution in [0.5, 0.6) is 0 Å². The highest BCUT2D eigenvalue weighted by molar-refractivity contribution is 7.89. The zero-order valence-corrected chi connectivity index (χ0v) is 16.4. The molecule has 2 rings (SSSR count). The molecule has 0 aliphatic heterocycles. The van der Waals surface area contributed by atoms with Crippen molar-refractivity contribution in [3.63, 3.8) is 0 Å². The first kappa shape index (κ1) is 21.6. The topological polar surface area (TPSA) is 75.3 Å². The molecule has 0 bridgehead atoms. The molecule has 0 heterocycles. The maximum atomic E-state index is 13.2. The minimum Gasteiger partial charge on any atom is -0.350 e. The van der Waals surface area contributed by atoms with Crippen LogP contribution in [0.15, 0.2) is 41.3 Å². The largest absolute Gasteiger partial charge is 0.350 e. The molecule has 2 N–H and O–H groups in total. The van der Waals surface area contributed by atoms with Crippen molar-refractivity contribution in [2.24, 2.45) is 0 Å². The van der Waals surface area contributed by atoms with Gasteiger partial charge in [-0.3, -0.25) is 4.79 Å². The van der Waals surface area contributed by atoms with Crippen LogP contribution in [0.3, 0.4) is 0 Å². The summed E-state index contributed by atoms with van der Waals surface area (Å²) >= 11 is 11.8. The minimum atomic E-state index is -4.06. The van der Waals surface area contributed by atoms with E-state index in [-0.39, 0.29) is 19.0 Å². The maximum Gasteiger partial charge on any atom is 0.240 e. The summed E-state index contributed by atoms with van der Waals surface area (Å²) in [4.78, 5) is 11.6. The Morgan fingerprint density at radius 2 is 1.78 bits per heavy atom. The van der Waals surface area contributed by atoms with Crippen LogP contribution in [0.4, 0.5) is 8.78 Å². The Bertz CT molecular complexity index is 955. The highest BCUT2D eigenvalue weighted by Crippen LogP contribution is 2.25. The average Bonchev–Trinajstić information content (AvgIpc) is 2.59. The fraction of sp³-hybridized carbons (Fsp3) is 0.235. The van der Waals surface area contributed by atoms with E-state index in [2.05, 4.69) is 10.0 Å². The van der Waals surface area contributed by atoms with Crippen molar-refractivity contribution in [3.05, 3.63) is 63.6 Å². The summed E-state index contributed by atoms with van der Waals surface area (Å²) in [5, 5.41) is 3.45. The lowest BCUT2D eigenvalue weighted by Gasteiger charge is -2.15. The minimum absolute atomic E-state index is 0.144. The van der Waals surface area contributed by atoms with Crippen LogP contribution in [0.25, 0.3) is 0 Å². The second-order valence-electron chi connectivity index (χ2n) is 5.69. The van der Waals surface area contributed by atoms with E-state index in [0.717, 1.165) is 17.7 Å². The number of hydrogen-bond donors (Lipinski definition) is 2.